The molecule has 0 spiro atoms. The van der Waals surface area contributed by atoms with Gasteiger partial charge in [0.15, 0.2) is 0 Å². The van der Waals surface area contributed by atoms with Gasteiger partial charge in [0.1, 0.15) is 5.15 Å². The average Bonchev–Trinajstić information content (AvgIpc) is 2.31. The second-order valence-corrected chi connectivity index (χ2v) is 3.85. The lowest BCUT2D eigenvalue weighted by Crippen LogP contribution is -2.03. The number of nitrogens with zero attached hydrogens (tertiary/aromatic N) is 1. The third-order valence-electron chi connectivity index (χ3n) is 0.995. The van der Waals surface area contributed by atoms with E-state index in [4.69, 9.17) is 16.3 Å². The summed E-state index contributed by atoms with van der Waals surface area (Å²) in [6, 6.07) is 0. The fraction of sp³-hybridized carbons (Fsp3) is 0.571. The van der Waals surface area contributed by atoms with Crippen LogP contribution in [0.2, 0.25) is 5.15 Å². The van der Waals surface area contributed by atoms with E-state index in [9.17, 15) is 0 Å². The molecule has 0 bridgehead atoms. The van der Waals surface area contributed by atoms with Crippen molar-refractivity contribution >= 4 is 22.9 Å². The third-order valence-corrected chi connectivity index (χ3v) is 2.07. The molecule has 0 aromatic carbocycles. The summed E-state index contributed by atoms with van der Waals surface area (Å²) in [4.78, 5) is 3.94. The number of halogens is 1. The second-order valence-electron chi connectivity index (χ2n) is 2.64. The summed E-state index contributed by atoms with van der Waals surface area (Å²) in [5.74, 6) is 0.526. The van der Waals surface area contributed by atoms with Crippen molar-refractivity contribution in [1.82, 2.24) is 4.98 Å². The lowest BCUT2D eigenvalue weighted by molar-refractivity contribution is 0.270. The van der Waals surface area contributed by atoms with Crippen LogP contribution in [0, 0.1) is 5.92 Å². The molecule has 1 rings (SSSR count). The second kappa shape index (κ2) is 3.93. The minimum absolute atomic E-state index is 0.508. The normalized spacial score (nSPS) is 10.5. The number of aromatic nitrogens is 1. The number of thiazole rings is 1. The van der Waals surface area contributed by atoms with Gasteiger partial charge in [0.05, 0.1) is 6.61 Å². The summed E-state index contributed by atoms with van der Waals surface area (Å²) in [6.45, 7) is 4.88. The molecule has 4 heteroatoms. The maximum Gasteiger partial charge on any atom is 0.274 e. The van der Waals surface area contributed by atoms with E-state index in [-0.39, 0.29) is 0 Å². The van der Waals surface area contributed by atoms with Gasteiger partial charge in [-0.1, -0.05) is 36.8 Å². The summed E-state index contributed by atoms with van der Waals surface area (Å²) < 4.78 is 5.31. The number of hydrogen-bond donors (Lipinski definition) is 0. The van der Waals surface area contributed by atoms with E-state index < -0.39 is 0 Å². The van der Waals surface area contributed by atoms with Gasteiger partial charge >= 0.3 is 0 Å². The van der Waals surface area contributed by atoms with Crippen LogP contribution in [-0.4, -0.2) is 11.6 Å². The van der Waals surface area contributed by atoms with Crippen molar-refractivity contribution in [2.24, 2.45) is 5.92 Å². The van der Waals surface area contributed by atoms with Crippen LogP contribution in [0.25, 0.3) is 0 Å². The van der Waals surface area contributed by atoms with Gasteiger partial charge in [0, 0.05) is 5.38 Å². The Balaban J connectivity index is 2.39. The number of rotatable bonds is 3. The summed E-state index contributed by atoms with van der Waals surface area (Å²) in [5.41, 5.74) is 0. The molecule has 0 saturated carbocycles. The largest absolute Gasteiger partial charge is 0.470 e. The van der Waals surface area contributed by atoms with Crippen molar-refractivity contribution in [2.75, 3.05) is 6.61 Å². The highest BCUT2D eigenvalue weighted by Gasteiger charge is 2.00. The Morgan fingerprint density at radius 3 is 2.91 bits per heavy atom. The molecule has 0 atom stereocenters. The van der Waals surface area contributed by atoms with Gasteiger partial charge in [0.2, 0.25) is 0 Å². The van der Waals surface area contributed by atoms with Crippen LogP contribution in [0.15, 0.2) is 5.38 Å². The first kappa shape index (κ1) is 8.81. The fourth-order valence-corrected chi connectivity index (χ4v) is 1.34. The van der Waals surface area contributed by atoms with Crippen molar-refractivity contribution in [3.63, 3.8) is 0 Å². The number of hydrogen-bond acceptors (Lipinski definition) is 3. The molecule has 0 aliphatic carbocycles. The zero-order valence-corrected chi connectivity index (χ0v) is 8.08. The van der Waals surface area contributed by atoms with E-state index in [0.717, 1.165) is 0 Å². The average molecular weight is 192 g/mol. The van der Waals surface area contributed by atoms with Gasteiger partial charge < -0.3 is 4.74 Å². The van der Waals surface area contributed by atoms with E-state index in [2.05, 4.69) is 18.8 Å². The highest BCUT2D eigenvalue weighted by Crippen LogP contribution is 2.21. The quantitative estimate of drug-likeness (QED) is 0.733. The first-order valence-electron chi connectivity index (χ1n) is 3.42. The zero-order valence-electron chi connectivity index (χ0n) is 6.50. The highest BCUT2D eigenvalue weighted by atomic mass is 35.5. The zero-order chi connectivity index (χ0) is 8.27. The fourth-order valence-electron chi connectivity index (χ4n) is 0.543. The van der Waals surface area contributed by atoms with Crippen molar-refractivity contribution in [3.05, 3.63) is 10.5 Å². The van der Waals surface area contributed by atoms with Crippen molar-refractivity contribution in [2.45, 2.75) is 13.8 Å². The van der Waals surface area contributed by atoms with Gasteiger partial charge in [-0.3, -0.25) is 0 Å². The molecule has 1 heterocycles. The first-order chi connectivity index (χ1) is 5.18. The van der Waals surface area contributed by atoms with Crippen molar-refractivity contribution < 1.29 is 4.74 Å². The summed E-state index contributed by atoms with van der Waals surface area (Å²) in [6.07, 6.45) is 0. The predicted molar refractivity (Wildman–Crippen MR) is 47.5 cm³/mol. The Labute approximate surface area is 75.2 Å². The predicted octanol–water partition coefficient (Wildman–Crippen LogP) is 2.83. The number of ether oxygens (including phenoxy) is 1. The maximum absolute atomic E-state index is 5.60. The molecule has 11 heavy (non-hydrogen) atoms. The molecule has 2 nitrogen and oxygen atoms in total. The van der Waals surface area contributed by atoms with Gasteiger partial charge in [0.25, 0.3) is 5.19 Å². The van der Waals surface area contributed by atoms with Gasteiger partial charge in [-0.2, -0.15) is 4.98 Å². The first-order valence-corrected chi connectivity index (χ1v) is 4.68. The lowest BCUT2D eigenvalue weighted by Gasteiger charge is -2.03. The SMILES string of the molecule is CC(C)COc1nc(Cl)cs1. The van der Waals surface area contributed by atoms with Gasteiger partial charge in [-0.15, -0.1) is 0 Å². The van der Waals surface area contributed by atoms with E-state index in [1.54, 1.807) is 5.38 Å². The van der Waals surface area contributed by atoms with E-state index in [1.165, 1.54) is 11.3 Å². The highest BCUT2D eigenvalue weighted by molar-refractivity contribution is 7.11. The van der Waals surface area contributed by atoms with Crippen molar-refractivity contribution in [1.29, 1.82) is 0 Å². The molecule has 0 fully saturated rings. The Morgan fingerprint density at radius 2 is 2.45 bits per heavy atom. The molecule has 0 saturated heterocycles. The molecule has 1 aromatic rings. The third kappa shape index (κ3) is 3.08. The Hall–Kier alpha value is -0.280. The minimum Gasteiger partial charge on any atom is -0.470 e. The minimum atomic E-state index is 0.508. The summed E-state index contributed by atoms with van der Waals surface area (Å²) in [7, 11) is 0. The smallest absolute Gasteiger partial charge is 0.274 e. The molecule has 0 aliphatic heterocycles. The standard InChI is InChI=1S/C7H10ClNOS/c1-5(2)3-10-7-9-6(8)4-11-7/h4-5H,3H2,1-2H3. The van der Waals surface area contributed by atoms with Crippen LogP contribution < -0.4 is 4.74 Å². The molecule has 1 aromatic heterocycles. The summed E-state index contributed by atoms with van der Waals surface area (Å²) in [5, 5.41) is 2.93. The molecule has 0 radical (unpaired) electrons. The monoisotopic (exact) mass is 191 g/mol. The maximum atomic E-state index is 5.60. The topological polar surface area (TPSA) is 22.1 Å². The van der Waals surface area contributed by atoms with Gasteiger partial charge in [-0.05, 0) is 5.92 Å². The lowest BCUT2D eigenvalue weighted by atomic mass is 10.2. The molecular weight excluding hydrogens is 182 g/mol. The van der Waals surface area contributed by atoms with E-state index in [0.29, 0.717) is 22.9 Å². The van der Waals surface area contributed by atoms with Crippen LogP contribution in [0.1, 0.15) is 13.8 Å². The Morgan fingerprint density at radius 1 is 1.73 bits per heavy atom. The molecule has 0 amide bonds. The van der Waals surface area contributed by atoms with Crippen molar-refractivity contribution in [3.8, 4) is 5.19 Å². The van der Waals surface area contributed by atoms with Crippen LogP contribution >= 0.6 is 22.9 Å². The molecule has 0 unspecified atom stereocenters. The van der Waals surface area contributed by atoms with Crippen LogP contribution in [0.5, 0.6) is 5.19 Å². The molecular formula is C7H10ClNOS. The van der Waals surface area contributed by atoms with E-state index >= 15 is 0 Å². The van der Waals surface area contributed by atoms with Crippen LogP contribution in [0.3, 0.4) is 0 Å². The molecule has 0 aliphatic rings. The molecule has 0 N–H and O–H groups in total. The van der Waals surface area contributed by atoms with E-state index in [1.807, 2.05) is 0 Å². The molecule has 62 valence electrons. The van der Waals surface area contributed by atoms with Crippen LogP contribution in [-0.2, 0) is 0 Å². The van der Waals surface area contributed by atoms with Crippen LogP contribution in [0.4, 0.5) is 0 Å². The Kier molecular flexibility index (Phi) is 3.15. The summed E-state index contributed by atoms with van der Waals surface area (Å²) >= 11 is 7.02. The Bertz CT molecular complexity index is 224. The van der Waals surface area contributed by atoms with Gasteiger partial charge in [-0.25, -0.2) is 0 Å².